The van der Waals surface area contributed by atoms with E-state index in [0.717, 1.165) is 16.7 Å². The van der Waals surface area contributed by atoms with Gasteiger partial charge in [0.15, 0.2) is 0 Å². The highest BCUT2D eigenvalue weighted by Gasteiger charge is 2.10. The van der Waals surface area contributed by atoms with Gasteiger partial charge in [-0.25, -0.2) is 4.39 Å². The van der Waals surface area contributed by atoms with Crippen molar-refractivity contribution in [1.82, 2.24) is 4.98 Å². The number of aromatic amines is 1. The van der Waals surface area contributed by atoms with E-state index in [-0.39, 0.29) is 11.7 Å². The van der Waals surface area contributed by atoms with Gasteiger partial charge in [0.05, 0.1) is 7.11 Å². The van der Waals surface area contributed by atoms with Crippen molar-refractivity contribution >= 4 is 22.5 Å². The van der Waals surface area contributed by atoms with E-state index in [9.17, 15) is 9.18 Å². The standard InChI is InChI=1S/C16H13FN2O2/c1-21-13-7-2-10-8-15(19-14(10)9-13)16(20)18-12-5-3-11(17)4-6-12/h2-9,19H,1H3,(H,18,20). The Morgan fingerprint density at radius 1 is 1.14 bits per heavy atom. The van der Waals surface area contributed by atoms with Crippen LogP contribution in [0, 0.1) is 5.82 Å². The van der Waals surface area contributed by atoms with E-state index in [1.54, 1.807) is 13.2 Å². The Hall–Kier alpha value is -2.82. The van der Waals surface area contributed by atoms with Crippen molar-refractivity contribution in [2.24, 2.45) is 0 Å². The highest BCUT2D eigenvalue weighted by molar-refractivity contribution is 6.06. The van der Waals surface area contributed by atoms with E-state index in [1.807, 2.05) is 18.2 Å². The second-order valence-corrected chi connectivity index (χ2v) is 4.60. The number of hydrogen-bond acceptors (Lipinski definition) is 2. The Balaban J connectivity index is 1.85. The Morgan fingerprint density at radius 2 is 1.90 bits per heavy atom. The molecule has 1 aromatic heterocycles. The third-order valence-corrected chi connectivity index (χ3v) is 3.18. The first-order valence-electron chi connectivity index (χ1n) is 6.39. The molecule has 21 heavy (non-hydrogen) atoms. The molecule has 2 N–H and O–H groups in total. The van der Waals surface area contributed by atoms with Gasteiger partial charge in [0.2, 0.25) is 0 Å². The number of aromatic nitrogens is 1. The minimum absolute atomic E-state index is 0.281. The molecular formula is C16H13FN2O2. The van der Waals surface area contributed by atoms with Crippen molar-refractivity contribution in [3.63, 3.8) is 0 Å². The molecular weight excluding hydrogens is 271 g/mol. The molecule has 0 fully saturated rings. The monoisotopic (exact) mass is 284 g/mol. The molecule has 5 heteroatoms. The van der Waals surface area contributed by atoms with Crippen LogP contribution in [0.5, 0.6) is 5.75 Å². The van der Waals surface area contributed by atoms with E-state index < -0.39 is 0 Å². The van der Waals surface area contributed by atoms with Crippen LogP contribution < -0.4 is 10.1 Å². The summed E-state index contributed by atoms with van der Waals surface area (Å²) in [5.74, 6) is 0.0947. The number of anilines is 1. The highest BCUT2D eigenvalue weighted by atomic mass is 19.1. The predicted octanol–water partition coefficient (Wildman–Crippen LogP) is 3.57. The van der Waals surface area contributed by atoms with Crippen molar-refractivity contribution in [2.75, 3.05) is 12.4 Å². The SMILES string of the molecule is COc1ccc2cc(C(=O)Nc3ccc(F)cc3)[nH]c2c1. The highest BCUT2D eigenvalue weighted by Crippen LogP contribution is 2.21. The number of hydrogen-bond donors (Lipinski definition) is 2. The fourth-order valence-corrected chi connectivity index (χ4v) is 2.09. The van der Waals surface area contributed by atoms with Crippen LogP contribution in [0.25, 0.3) is 10.9 Å². The van der Waals surface area contributed by atoms with E-state index in [2.05, 4.69) is 10.3 Å². The summed E-state index contributed by atoms with van der Waals surface area (Å²) < 4.78 is 18.0. The number of benzene rings is 2. The minimum Gasteiger partial charge on any atom is -0.497 e. The lowest BCUT2D eigenvalue weighted by atomic mass is 10.2. The number of nitrogens with one attached hydrogen (secondary N) is 2. The predicted molar refractivity (Wildman–Crippen MR) is 79.2 cm³/mol. The van der Waals surface area contributed by atoms with Gasteiger partial charge >= 0.3 is 0 Å². The quantitative estimate of drug-likeness (QED) is 0.772. The lowest BCUT2D eigenvalue weighted by molar-refractivity contribution is 0.102. The van der Waals surface area contributed by atoms with Gasteiger partial charge in [-0.1, -0.05) is 0 Å². The Morgan fingerprint density at radius 3 is 2.62 bits per heavy atom. The van der Waals surface area contributed by atoms with Crippen LogP contribution in [0.4, 0.5) is 10.1 Å². The molecule has 0 radical (unpaired) electrons. The van der Waals surface area contributed by atoms with Crippen LogP contribution in [0.3, 0.4) is 0 Å². The van der Waals surface area contributed by atoms with Gasteiger partial charge in [-0.3, -0.25) is 4.79 Å². The third kappa shape index (κ3) is 2.72. The summed E-state index contributed by atoms with van der Waals surface area (Å²) in [5.41, 5.74) is 1.79. The molecule has 0 spiro atoms. The summed E-state index contributed by atoms with van der Waals surface area (Å²) in [6, 6.07) is 12.9. The Bertz CT molecular complexity index is 794. The smallest absolute Gasteiger partial charge is 0.272 e. The van der Waals surface area contributed by atoms with Gasteiger partial charge in [-0.05, 0) is 42.5 Å². The molecule has 0 saturated heterocycles. The van der Waals surface area contributed by atoms with Crippen LogP contribution in [-0.4, -0.2) is 18.0 Å². The maximum absolute atomic E-state index is 12.8. The maximum Gasteiger partial charge on any atom is 0.272 e. The van der Waals surface area contributed by atoms with Crippen LogP contribution in [0.15, 0.2) is 48.5 Å². The number of ether oxygens (including phenoxy) is 1. The second-order valence-electron chi connectivity index (χ2n) is 4.60. The van der Waals surface area contributed by atoms with E-state index in [4.69, 9.17) is 4.74 Å². The van der Waals surface area contributed by atoms with Gasteiger partial charge in [0.25, 0.3) is 5.91 Å². The van der Waals surface area contributed by atoms with Crippen molar-refractivity contribution < 1.29 is 13.9 Å². The van der Waals surface area contributed by atoms with Gasteiger partial charge in [0.1, 0.15) is 17.3 Å². The Kier molecular flexibility index (Phi) is 3.31. The molecule has 0 aliphatic carbocycles. The normalized spacial score (nSPS) is 10.6. The average Bonchev–Trinajstić information content (AvgIpc) is 2.92. The minimum atomic E-state index is -0.342. The molecule has 2 aromatic carbocycles. The van der Waals surface area contributed by atoms with Gasteiger partial charge in [-0.15, -0.1) is 0 Å². The zero-order chi connectivity index (χ0) is 14.8. The molecule has 0 aliphatic rings. The number of amides is 1. The molecule has 0 aliphatic heterocycles. The number of rotatable bonds is 3. The third-order valence-electron chi connectivity index (χ3n) is 3.18. The summed E-state index contributed by atoms with van der Waals surface area (Å²) in [4.78, 5) is 15.2. The molecule has 3 rings (SSSR count). The lowest BCUT2D eigenvalue weighted by Crippen LogP contribution is -2.12. The second kappa shape index (κ2) is 5.28. The number of fused-ring (bicyclic) bond motifs is 1. The molecule has 3 aromatic rings. The maximum atomic E-state index is 12.8. The molecule has 1 heterocycles. The van der Waals surface area contributed by atoms with Crippen LogP contribution in [-0.2, 0) is 0 Å². The largest absolute Gasteiger partial charge is 0.497 e. The first-order chi connectivity index (χ1) is 10.2. The van der Waals surface area contributed by atoms with Crippen molar-refractivity contribution in [2.45, 2.75) is 0 Å². The summed E-state index contributed by atoms with van der Waals surface area (Å²) >= 11 is 0. The molecule has 0 saturated carbocycles. The first kappa shape index (κ1) is 13.2. The zero-order valence-corrected chi connectivity index (χ0v) is 11.3. The molecule has 0 unspecified atom stereocenters. The number of carbonyl (C=O) groups excluding carboxylic acids is 1. The van der Waals surface area contributed by atoms with Gasteiger partial charge in [-0.2, -0.15) is 0 Å². The molecule has 4 nitrogen and oxygen atoms in total. The average molecular weight is 284 g/mol. The number of carbonyl (C=O) groups is 1. The topological polar surface area (TPSA) is 54.1 Å². The van der Waals surface area contributed by atoms with Crippen molar-refractivity contribution in [3.8, 4) is 5.75 Å². The summed E-state index contributed by atoms with van der Waals surface area (Å²) in [7, 11) is 1.59. The fourth-order valence-electron chi connectivity index (χ4n) is 2.09. The van der Waals surface area contributed by atoms with E-state index >= 15 is 0 Å². The van der Waals surface area contributed by atoms with Gasteiger partial charge in [0, 0.05) is 22.7 Å². The number of methoxy groups -OCH3 is 1. The summed E-state index contributed by atoms with van der Waals surface area (Å²) in [5, 5.41) is 3.62. The molecule has 0 bridgehead atoms. The Labute approximate surface area is 120 Å². The summed E-state index contributed by atoms with van der Waals surface area (Å²) in [6.07, 6.45) is 0. The van der Waals surface area contributed by atoms with Crippen molar-refractivity contribution in [3.05, 3.63) is 60.0 Å². The molecule has 1 amide bonds. The van der Waals surface area contributed by atoms with E-state index in [0.29, 0.717) is 11.4 Å². The van der Waals surface area contributed by atoms with Crippen molar-refractivity contribution in [1.29, 1.82) is 0 Å². The molecule has 106 valence electrons. The van der Waals surface area contributed by atoms with Gasteiger partial charge < -0.3 is 15.0 Å². The number of halogens is 1. The number of H-pyrrole nitrogens is 1. The lowest BCUT2D eigenvalue weighted by Gasteiger charge is -2.03. The van der Waals surface area contributed by atoms with E-state index in [1.165, 1.54) is 24.3 Å². The van der Waals surface area contributed by atoms with Crippen LogP contribution in [0.2, 0.25) is 0 Å². The summed E-state index contributed by atoms with van der Waals surface area (Å²) in [6.45, 7) is 0. The zero-order valence-electron chi connectivity index (χ0n) is 11.3. The van der Waals surface area contributed by atoms with Crippen LogP contribution in [0.1, 0.15) is 10.5 Å². The first-order valence-corrected chi connectivity index (χ1v) is 6.39. The molecule has 0 atom stereocenters. The van der Waals surface area contributed by atoms with Crippen LogP contribution >= 0.6 is 0 Å². The fraction of sp³-hybridized carbons (Fsp3) is 0.0625.